The van der Waals surface area contributed by atoms with Crippen LogP contribution in [0.25, 0.3) is 0 Å². The molecular formula is C15H20N6OS. The van der Waals surface area contributed by atoms with Gasteiger partial charge in [-0.2, -0.15) is 0 Å². The van der Waals surface area contributed by atoms with Crippen molar-refractivity contribution in [3.63, 3.8) is 0 Å². The van der Waals surface area contributed by atoms with E-state index < -0.39 is 0 Å². The van der Waals surface area contributed by atoms with Crippen LogP contribution in [0.2, 0.25) is 0 Å². The van der Waals surface area contributed by atoms with Gasteiger partial charge in [0.2, 0.25) is 5.91 Å². The summed E-state index contributed by atoms with van der Waals surface area (Å²) >= 11 is 1.53. The van der Waals surface area contributed by atoms with Crippen molar-refractivity contribution in [2.24, 2.45) is 11.7 Å². The molecule has 1 atom stereocenters. The van der Waals surface area contributed by atoms with E-state index in [1.807, 2.05) is 11.4 Å². The van der Waals surface area contributed by atoms with E-state index in [9.17, 15) is 4.79 Å². The summed E-state index contributed by atoms with van der Waals surface area (Å²) in [6.45, 7) is 2.18. The predicted molar refractivity (Wildman–Crippen MR) is 89.5 cm³/mol. The molecule has 1 saturated heterocycles. The first-order chi connectivity index (χ1) is 11.2. The van der Waals surface area contributed by atoms with Crippen LogP contribution < -0.4 is 11.1 Å². The SMILES string of the molecule is NC(=O)CN1CCCC(Cc2cc(Nc3nccs3)ncn2)C1. The molecule has 2 aromatic rings. The molecule has 1 aliphatic rings. The summed E-state index contributed by atoms with van der Waals surface area (Å²) in [6, 6.07) is 1.97. The number of carbonyl (C=O) groups excluding carboxylic acids is 1. The lowest BCUT2D eigenvalue weighted by Crippen LogP contribution is -2.41. The van der Waals surface area contributed by atoms with Crippen LogP contribution >= 0.6 is 11.3 Å². The van der Waals surface area contributed by atoms with Gasteiger partial charge in [0.25, 0.3) is 0 Å². The molecular weight excluding hydrogens is 312 g/mol. The number of aromatic nitrogens is 3. The molecule has 0 aromatic carbocycles. The molecule has 8 heteroatoms. The smallest absolute Gasteiger partial charge is 0.231 e. The summed E-state index contributed by atoms with van der Waals surface area (Å²) in [5.74, 6) is 0.989. The van der Waals surface area contributed by atoms with Crippen molar-refractivity contribution in [1.82, 2.24) is 19.9 Å². The normalized spacial score (nSPS) is 18.7. The van der Waals surface area contributed by atoms with Gasteiger partial charge in [0, 0.05) is 29.9 Å². The number of piperidine rings is 1. The number of nitrogens with two attached hydrogens (primary N) is 1. The van der Waals surface area contributed by atoms with Crippen LogP contribution in [0.1, 0.15) is 18.5 Å². The van der Waals surface area contributed by atoms with Crippen molar-refractivity contribution in [2.45, 2.75) is 19.3 Å². The Labute approximate surface area is 139 Å². The van der Waals surface area contributed by atoms with Crippen molar-refractivity contribution in [3.05, 3.63) is 29.7 Å². The van der Waals surface area contributed by atoms with Crippen molar-refractivity contribution in [2.75, 3.05) is 25.0 Å². The lowest BCUT2D eigenvalue weighted by atomic mass is 9.93. The maximum Gasteiger partial charge on any atom is 0.231 e. The molecule has 23 heavy (non-hydrogen) atoms. The minimum absolute atomic E-state index is 0.261. The molecule has 2 aromatic heterocycles. The molecule has 1 fully saturated rings. The second-order valence-electron chi connectivity index (χ2n) is 5.77. The second-order valence-corrected chi connectivity index (χ2v) is 6.67. The minimum Gasteiger partial charge on any atom is -0.369 e. The van der Waals surface area contributed by atoms with Crippen molar-refractivity contribution >= 4 is 28.2 Å². The molecule has 1 unspecified atom stereocenters. The summed E-state index contributed by atoms with van der Waals surface area (Å²) < 4.78 is 0. The van der Waals surface area contributed by atoms with Gasteiger partial charge in [0.15, 0.2) is 5.13 Å². The Balaban J connectivity index is 1.60. The van der Waals surface area contributed by atoms with Crippen molar-refractivity contribution < 1.29 is 4.79 Å². The van der Waals surface area contributed by atoms with Crippen LogP contribution in [0.4, 0.5) is 10.9 Å². The van der Waals surface area contributed by atoms with Gasteiger partial charge in [-0.3, -0.25) is 9.69 Å². The molecule has 0 bridgehead atoms. The lowest BCUT2D eigenvalue weighted by Gasteiger charge is -2.31. The van der Waals surface area contributed by atoms with Crippen LogP contribution in [-0.4, -0.2) is 45.4 Å². The largest absolute Gasteiger partial charge is 0.369 e. The van der Waals surface area contributed by atoms with Gasteiger partial charge in [-0.05, 0) is 31.7 Å². The number of anilines is 2. The number of nitrogens with one attached hydrogen (secondary N) is 1. The third-order valence-electron chi connectivity index (χ3n) is 3.87. The lowest BCUT2D eigenvalue weighted by molar-refractivity contribution is -0.119. The molecule has 122 valence electrons. The summed E-state index contributed by atoms with van der Waals surface area (Å²) in [5, 5.41) is 5.92. The Morgan fingerprint density at radius 1 is 1.43 bits per heavy atom. The van der Waals surface area contributed by atoms with E-state index in [1.165, 1.54) is 11.3 Å². The fourth-order valence-corrected chi connectivity index (χ4v) is 3.49. The Morgan fingerprint density at radius 2 is 2.35 bits per heavy atom. The Kier molecular flexibility index (Phi) is 5.14. The quantitative estimate of drug-likeness (QED) is 0.830. The van der Waals surface area contributed by atoms with E-state index in [-0.39, 0.29) is 5.91 Å². The number of carbonyl (C=O) groups is 1. The second kappa shape index (κ2) is 7.47. The molecule has 3 heterocycles. The van der Waals surface area contributed by atoms with E-state index in [2.05, 4.69) is 25.2 Å². The first-order valence-electron chi connectivity index (χ1n) is 7.67. The average molecular weight is 332 g/mol. The number of thiazole rings is 1. The summed E-state index contributed by atoms with van der Waals surface area (Å²) in [7, 11) is 0. The summed E-state index contributed by atoms with van der Waals surface area (Å²) in [5.41, 5.74) is 6.30. The highest BCUT2D eigenvalue weighted by molar-refractivity contribution is 7.13. The van der Waals surface area contributed by atoms with E-state index in [0.29, 0.717) is 12.5 Å². The monoisotopic (exact) mass is 332 g/mol. The van der Waals surface area contributed by atoms with Gasteiger partial charge in [0.1, 0.15) is 12.1 Å². The van der Waals surface area contributed by atoms with E-state index in [4.69, 9.17) is 5.73 Å². The number of primary amides is 1. The Bertz CT molecular complexity index is 647. The molecule has 3 rings (SSSR count). The van der Waals surface area contributed by atoms with Crippen LogP contribution in [0.15, 0.2) is 24.0 Å². The molecule has 0 saturated carbocycles. The molecule has 1 amide bonds. The molecule has 0 spiro atoms. The fraction of sp³-hybridized carbons (Fsp3) is 0.467. The zero-order chi connectivity index (χ0) is 16.1. The molecule has 0 radical (unpaired) electrons. The molecule has 0 aliphatic carbocycles. The highest BCUT2D eigenvalue weighted by atomic mass is 32.1. The van der Waals surface area contributed by atoms with Gasteiger partial charge >= 0.3 is 0 Å². The van der Waals surface area contributed by atoms with Gasteiger partial charge in [-0.1, -0.05) is 0 Å². The first kappa shape index (κ1) is 15.8. The van der Waals surface area contributed by atoms with Gasteiger partial charge < -0.3 is 11.1 Å². The van der Waals surface area contributed by atoms with Crippen LogP contribution in [0.3, 0.4) is 0 Å². The standard InChI is InChI=1S/C15H20N6OS/c16-13(22)9-21-4-1-2-11(8-21)6-12-7-14(19-10-18-12)20-15-17-3-5-23-15/h3,5,7,10-11H,1-2,4,6,8-9H2,(H2,16,22)(H,17,18,19,20). The Hall–Kier alpha value is -2.06. The number of nitrogens with zero attached hydrogens (tertiary/aromatic N) is 4. The minimum atomic E-state index is -0.261. The van der Waals surface area contributed by atoms with Gasteiger partial charge in [-0.15, -0.1) is 11.3 Å². The fourth-order valence-electron chi connectivity index (χ4n) is 2.95. The maximum absolute atomic E-state index is 11.1. The highest BCUT2D eigenvalue weighted by Gasteiger charge is 2.21. The predicted octanol–water partition coefficient (Wildman–Crippen LogP) is 1.42. The first-order valence-corrected chi connectivity index (χ1v) is 8.55. The highest BCUT2D eigenvalue weighted by Crippen LogP contribution is 2.22. The van der Waals surface area contributed by atoms with E-state index >= 15 is 0 Å². The van der Waals surface area contributed by atoms with Crippen LogP contribution in [0.5, 0.6) is 0 Å². The average Bonchev–Trinajstić information content (AvgIpc) is 3.00. The van der Waals surface area contributed by atoms with Crippen molar-refractivity contribution in [3.8, 4) is 0 Å². The van der Waals surface area contributed by atoms with Crippen LogP contribution in [0, 0.1) is 5.92 Å². The third kappa shape index (κ3) is 4.70. The van der Waals surface area contributed by atoms with Crippen molar-refractivity contribution in [1.29, 1.82) is 0 Å². The molecule has 7 nitrogen and oxygen atoms in total. The Morgan fingerprint density at radius 3 is 3.13 bits per heavy atom. The number of likely N-dealkylation sites (tertiary alicyclic amines) is 1. The van der Waals surface area contributed by atoms with Crippen LogP contribution in [-0.2, 0) is 11.2 Å². The number of hydrogen-bond acceptors (Lipinski definition) is 7. The topological polar surface area (TPSA) is 97.0 Å². The number of rotatable bonds is 6. The molecule has 3 N–H and O–H groups in total. The van der Waals surface area contributed by atoms with E-state index in [0.717, 1.165) is 49.0 Å². The summed E-state index contributed by atoms with van der Waals surface area (Å²) in [6.07, 6.45) is 6.45. The number of hydrogen-bond donors (Lipinski definition) is 2. The summed E-state index contributed by atoms with van der Waals surface area (Å²) in [4.78, 5) is 26.0. The van der Waals surface area contributed by atoms with Gasteiger partial charge in [-0.25, -0.2) is 15.0 Å². The zero-order valence-electron chi connectivity index (χ0n) is 12.8. The third-order valence-corrected chi connectivity index (χ3v) is 4.56. The number of amides is 1. The maximum atomic E-state index is 11.1. The zero-order valence-corrected chi connectivity index (χ0v) is 13.6. The molecule has 1 aliphatic heterocycles. The van der Waals surface area contributed by atoms with E-state index in [1.54, 1.807) is 12.5 Å². The van der Waals surface area contributed by atoms with Gasteiger partial charge in [0.05, 0.1) is 6.54 Å².